The summed E-state index contributed by atoms with van der Waals surface area (Å²) in [5, 5.41) is 0. The Morgan fingerprint density at radius 2 is 2.00 bits per heavy atom. The summed E-state index contributed by atoms with van der Waals surface area (Å²) < 4.78 is 18.3. The number of amides is 2. The van der Waals surface area contributed by atoms with Crippen molar-refractivity contribution in [2.45, 2.75) is 13.0 Å². The maximum atomic E-state index is 13.5. The van der Waals surface area contributed by atoms with Crippen LogP contribution in [0, 0.1) is 5.82 Å². The molecule has 0 aromatic heterocycles. The van der Waals surface area contributed by atoms with Gasteiger partial charge < -0.3 is 14.5 Å². The van der Waals surface area contributed by atoms with Crippen LogP contribution in [-0.2, 0) is 9.53 Å². The average Bonchev–Trinajstić information content (AvgIpc) is 2.47. The monoisotopic (exact) mass is 292 g/mol. The number of ether oxygens (including phenoxy) is 1. The van der Waals surface area contributed by atoms with E-state index in [0.717, 1.165) is 0 Å². The maximum Gasteiger partial charge on any atom is 0.337 e. The molecule has 21 heavy (non-hydrogen) atoms. The first-order valence-electron chi connectivity index (χ1n) is 6.43. The standard InChI is InChI=1S/C15H17FN2O3/c1-9-12(14(19)21-4)13(18(3)15(20)17(9)2)10-6-5-7-11(16)8-10/h5-8,13H,1-4H3/t13-/m1/s1. The van der Waals surface area contributed by atoms with Gasteiger partial charge in [-0.15, -0.1) is 0 Å². The van der Waals surface area contributed by atoms with Crippen LogP contribution in [0.15, 0.2) is 35.5 Å². The second kappa shape index (κ2) is 5.55. The van der Waals surface area contributed by atoms with Gasteiger partial charge in [0.15, 0.2) is 0 Å². The van der Waals surface area contributed by atoms with Crippen LogP contribution in [0.25, 0.3) is 0 Å². The minimum absolute atomic E-state index is 0.269. The quantitative estimate of drug-likeness (QED) is 0.786. The van der Waals surface area contributed by atoms with Crippen molar-refractivity contribution in [2.75, 3.05) is 21.2 Å². The molecule has 1 aliphatic heterocycles. The lowest BCUT2D eigenvalue weighted by atomic mass is 9.93. The molecule has 1 aromatic carbocycles. The Balaban J connectivity index is 2.64. The second-order valence-electron chi connectivity index (χ2n) is 4.90. The minimum Gasteiger partial charge on any atom is -0.466 e. The van der Waals surface area contributed by atoms with Crippen LogP contribution >= 0.6 is 0 Å². The minimum atomic E-state index is -0.670. The topological polar surface area (TPSA) is 49.9 Å². The number of nitrogens with zero attached hydrogens (tertiary/aromatic N) is 2. The lowest BCUT2D eigenvalue weighted by Crippen LogP contribution is -2.47. The number of allylic oxidation sites excluding steroid dienone is 1. The number of esters is 1. The predicted octanol–water partition coefficient (Wildman–Crippen LogP) is 2.31. The van der Waals surface area contributed by atoms with Gasteiger partial charge in [-0.25, -0.2) is 14.0 Å². The van der Waals surface area contributed by atoms with Crippen LogP contribution in [0.3, 0.4) is 0 Å². The Morgan fingerprint density at radius 3 is 2.57 bits per heavy atom. The Bertz CT molecular complexity index is 627. The number of hydrogen-bond donors (Lipinski definition) is 0. The zero-order valence-corrected chi connectivity index (χ0v) is 12.4. The van der Waals surface area contributed by atoms with Crippen molar-refractivity contribution in [1.29, 1.82) is 0 Å². The molecular formula is C15H17FN2O3. The number of rotatable bonds is 2. The van der Waals surface area contributed by atoms with Crippen LogP contribution in [0.1, 0.15) is 18.5 Å². The lowest BCUT2D eigenvalue weighted by Gasteiger charge is -2.39. The third-order valence-electron chi connectivity index (χ3n) is 3.71. The van der Waals surface area contributed by atoms with Crippen LogP contribution < -0.4 is 0 Å². The molecule has 0 saturated carbocycles. The number of carbonyl (C=O) groups is 2. The highest BCUT2D eigenvalue weighted by Gasteiger charge is 2.39. The first kappa shape index (κ1) is 15.0. The van der Waals surface area contributed by atoms with Crippen LogP contribution in [0.2, 0.25) is 0 Å². The van der Waals surface area contributed by atoms with Gasteiger partial charge in [0.25, 0.3) is 0 Å². The summed E-state index contributed by atoms with van der Waals surface area (Å²) in [6, 6.07) is 4.92. The van der Waals surface area contributed by atoms with Gasteiger partial charge in [0.2, 0.25) is 0 Å². The molecule has 0 radical (unpaired) electrons. The van der Waals surface area contributed by atoms with E-state index in [1.807, 2.05) is 0 Å². The van der Waals surface area contributed by atoms with Crippen molar-refractivity contribution in [1.82, 2.24) is 9.80 Å². The molecule has 0 aliphatic carbocycles. The van der Waals surface area contributed by atoms with E-state index in [-0.39, 0.29) is 6.03 Å². The van der Waals surface area contributed by atoms with E-state index in [0.29, 0.717) is 16.8 Å². The van der Waals surface area contributed by atoms with Crippen molar-refractivity contribution in [3.63, 3.8) is 0 Å². The van der Waals surface area contributed by atoms with E-state index >= 15 is 0 Å². The third-order valence-corrected chi connectivity index (χ3v) is 3.71. The zero-order chi connectivity index (χ0) is 15.7. The summed E-state index contributed by atoms with van der Waals surface area (Å²) in [6.07, 6.45) is 0. The van der Waals surface area contributed by atoms with Gasteiger partial charge in [-0.2, -0.15) is 0 Å². The highest BCUT2D eigenvalue weighted by Crippen LogP contribution is 2.36. The van der Waals surface area contributed by atoms with Crippen molar-refractivity contribution in [3.05, 3.63) is 46.9 Å². The van der Waals surface area contributed by atoms with Crippen LogP contribution in [0.5, 0.6) is 0 Å². The lowest BCUT2D eigenvalue weighted by molar-refractivity contribution is -0.137. The smallest absolute Gasteiger partial charge is 0.337 e. The van der Waals surface area contributed by atoms with E-state index in [2.05, 4.69) is 0 Å². The van der Waals surface area contributed by atoms with E-state index in [4.69, 9.17) is 4.74 Å². The molecule has 0 saturated heterocycles. The molecule has 1 heterocycles. The molecule has 0 unspecified atom stereocenters. The van der Waals surface area contributed by atoms with Gasteiger partial charge in [0.05, 0.1) is 18.7 Å². The number of halogens is 1. The first-order valence-corrected chi connectivity index (χ1v) is 6.43. The molecule has 5 nitrogen and oxygen atoms in total. The average molecular weight is 292 g/mol. The van der Waals surface area contributed by atoms with Gasteiger partial charge in [-0.1, -0.05) is 12.1 Å². The second-order valence-corrected chi connectivity index (χ2v) is 4.90. The number of carbonyl (C=O) groups excluding carboxylic acids is 2. The largest absolute Gasteiger partial charge is 0.466 e. The number of methoxy groups -OCH3 is 1. The fourth-order valence-corrected chi connectivity index (χ4v) is 2.50. The Kier molecular flexibility index (Phi) is 3.97. The molecule has 1 aromatic rings. The maximum absolute atomic E-state index is 13.5. The molecule has 2 amide bonds. The molecule has 112 valence electrons. The molecule has 0 spiro atoms. The molecule has 2 rings (SSSR count). The van der Waals surface area contributed by atoms with E-state index in [9.17, 15) is 14.0 Å². The van der Waals surface area contributed by atoms with Gasteiger partial charge in [0.1, 0.15) is 5.82 Å². The SMILES string of the molecule is COC(=O)C1=C(C)N(C)C(=O)N(C)[C@@H]1c1cccc(F)c1. The predicted molar refractivity (Wildman–Crippen MR) is 74.8 cm³/mol. The Labute approximate surface area is 122 Å². The fraction of sp³-hybridized carbons (Fsp3) is 0.333. The van der Waals surface area contributed by atoms with Crippen molar-refractivity contribution < 1.29 is 18.7 Å². The third kappa shape index (κ3) is 2.49. The number of urea groups is 1. The molecular weight excluding hydrogens is 275 g/mol. The van der Waals surface area contributed by atoms with Crippen molar-refractivity contribution in [3.8, 4) is 0 Å². The van der Waals surface area contributed by atoms with Gasteiger partial charge in [-0.3, -0.25) is 0 Å². The van der Waals surface area contributed by atoms with Crippen LogP contribution in [-0.4, -0.2) is 43.0 Å². The summed E-state index contributed by atoms with van der Waals surface area (Å²) in [5.74, 6) is -0.956. The number of likely N-dealkylation sites (N-methyl/N-ethyl adjacent to an activating group) is 1. The van der Waals surface area contributed by atoms with Crippen molar-refractivity contribution in [2.24, 2.45) is 0 Å². The Morgan fingerprint density at radius 1 is 1.33 bits per heavy atom. The summed E-state index contributed by atoms with van der Waals surface area (Å²) in [4.78, 5) is 27.1. The van der Waals surface area contributed by atoms with Crippen LogP contribution in [0.4, 0.5) is 9.18 Å². The molecule has 0 N–H and O–H groups in total. The first-order chi connectivity index (χ1) is 9.88. The number of hydrogen-bond acceptors (Lipinski definition) is 3. The molecule has 1 aliphatic rings. The van der Waals surface area contributed by atoms with E-state index < -0.39 is 17.8 Å². The number of benzene rings is 1. The highest BCUT2D eigenvalue weighted by molar-refractivity contribution is 5.94. The Hall–Kier alpha value is -2.37. The summed E-state index contributed by atoms with van der Waals surface area (Å²) in [5.41, 5.74) is 1.35. The fourth-order valence-electron chi connectivity index (χ4n) is 2.50. The molecule has 1 atom stereocenters. The molecule has 6 heteroatoms. The summed E-state index contributed by atoms with van der Waals surface area (Å²) >= 11 is 0. The summed E-state index contributed by atoms with van der Waals surface area (Å²) in [6.45, 7) is 1.67. The molecule has 0 fully saturated rings. The van der Waals surface area contributed by atoms with Gasteiger partial charge >= 0.3 is 12.0 Å². The summed E-state index contributed by atoms with van der Waals surface area (Å²) in [7, 11) is 4.43. The normalized spacial score (nSPS) is 19.1. The van der Waals surface area contributed by atoms with Crippen molar-refractivity contribution >= 4 is 12.0 Å². The van der Waals surface area contributed by atoms with E-state index in [1.54, 1.807) is 33.2 Å². The van der Waals surface area contributed by atoms with Gasteiger partial charge in [-0.05, 0) is 24.6 Å². The zero-order valence-electron chi connectivity index (χ0n) is 12.4. The van der Waals surface area contributed by atoms with E-state index in [1.165, 1.54) is 29.0 Å². The molecule has 0 bridgehead atoms. The highest BCUT2D eigenvalue weighted by atomic mass is 19.1. The van der Waals surface area contributed by atoms with Gasteiger partial charge in [0, 0.05) is 19.8 Å².